The van der Waals surface area contributed by atoms with Crippen LogP contribution in [0.15, 0.2) is 12.4 Å². The molecular weight excluding hydrogens is 240 g/mol. The molecule has 0 aromatic carbocycles. The third-order valence-electron chi connectivity index (χ3n) is 3.75. The van der Waals surface area contributed by atoms with Gasteiger partial charge in [0.15, 0.2) is 0 Å². The number of nitrogens with one attached hydrogen (secondary N) is 1. The van der Waals surface area contributed by atoms with Crippen molar-refractivity contribution < 1.29 is 5.11 Å². The van der Waals surface area contributed by atoms with E-state index in [9.17, 15) is 5.11 Å². The highest BCUT2D eigenvalue weighted by molar-refractivity contribution is 5.48. The molecular formula is C14H24N4O. The van der Waals surface area contributed by atoms with Crippen LogP contribution in [0.2, 0.25) is 0 Å². The Morgan fingerprint density at radius 1 is 1.42 bits per heavy atom. The standard InChI is InChI=1S/C14H24N4O/c1-3-6-15-13-9-14(17-10-16-13)18-7-4-12(5-8-18)11(2)19/h9-12,19H,3-8H2,1-2H3,(H,15,16,17). The molecule has 0 amide bonds. The van der Waals surface area contributed by atoms with Gasteiger partial charge in [-0.2, -0.15) is 0 Å². The van der Waals surface area contributed by atoms with Crippen LogP contribution in [-0.2, 0) is 0 Å². The van der Waals surface area contributed by atoms with Gasteiger partial charge >= 0.3 is 0 Å². The normalized spacial score (nSPS) is 18.4. The van der Waals surface area contributed by atoms with E-state index in [1.54, 1.807) is 6.33 Å². The molecule has 106 valence electrons. The SMILES string of the molecule is CCCNc1cc(N2CCC(C(C)O)CC2)ncn1. The summed E-state index contributed by atoms with van der Waals surface area (Å²) in [5, 5.41) is 12.9. The molecule has 1 aromatic rings. The molecule has 5 nitrogen and oxygen atoms in total. The number of aliphatic hydroxyl groups is 1. The van der Waals surface area contributed by atoms with Gasteiger partial charge in [0.05, 0.1) is 6.10 Å². The lowest BCUT2D eigenvalue weighted by Gasteiger charge is -2.34. The molecule has 0 radical (unpaired) electrons. The Hall–Kier alpha value is -1.36. The summed E-state index contributed by atoms with van der Waals surface area (Å²) in [6.45, 7) is 6.87. The van der Waals surface area contributed by atoms with Gasteiger partial charge in [-0.15, -0.1) is 0 Å². The quantitative estimate of drug-likeness (QED) is 0.850. The van der Waals surface area contributed by atoms with E-state index in [0.29, 0.717) is 5.92 Å². The van der Waals surface area contributed by atoms with Gasteiger partial charge in [0.25, 0.3) is 0 Å². The van der Waals surface area contributed by atoms with Gasteiger partial charge in [-0.25, -0.2) is 9.97 Å². The predicted molar refractivity (Wildman–Crippen MR) is 77.4 cm³/mol. The molecule has 1 saturated heterocycles. The minimum Gasteiger partial charge on any atom is -0.393 e. The molecule has 1 aliphatic heterocycles. The summed E-state index contributed by atoms with van der Waals surface area (Å²) in [6.07, 6.45) is 4.56. The van der Waals surface area contributed by atoms with E-state index in [4.69, 9.17) is 0 Å². The maximum atomic E-state index is 9.62. The van der Waals surface area contributed by atoms with Crippen LogP contribution in [0.3, 0.4) is 0 Å². The first kappa shape index (κ1) is 14.1. The van der Waals surface area contributed by atoms with E-state index in [1.807, 2.05) is 13.0 Å². The molecule has 0 saturated carbocycles. The zero-order valence-corrected chi connectivity index (χ0v) is 11.8. The van der Waals surface area contributed by atoms with Crippen molar-refractivity contribution in [2.45, 2.75) is 39.2 Å². The summed E-state index contributed by atoms with van der Waals surface area (Å²) in [5.41, 5.74) is 0. The van der Waals surface area contributed by atoms with E-state index < -0.39 is 0 Å². The van der Waals surface area contributed by atoms with Gasteiger partial charge in [0.2, 0.25) is 0 Å². The minimum atomic E-state index is -0.200. The molecule has 0 bridgehead atoms. The van der Waals surface area contributed by atoms with Crippen LogP contribution in [0, 0.1) is 5.92 Å². The van der Waals surface area contributed by atoms with Crippen molar-refractivity contribution in [2.75, 3.05) is 29.9 Å². The fourth-order valence-electron chi connectivity index (χ4n) is 2.48. The monoisotopic (exact) mass is 264 g/mol. The number of anilines is 2. The van der Waals surface area contributed by atoms with Crippen molar-refractivity contribution in [1.82, 2.24) is 9.97 Å². The van der Waals surface area contributed by atoms with Gasteiger partial charge < -0.3 is 15.3 Å². The molecule has 1 aromatic heterocycles. The molecule has 19 heavy (non-hydrogen) atoms. The summed E-state index contributed by atoms with van der Waals surface area (Å²) in [7, 11) is 0. The zero-order chi connectivity index (χ0) is 13.7. The largest absolute Gasteiger partial charge is 0.393 e. The van der Waals surface area contributed by atoms with Crippen molar-refractivity contribution in [3.63, 3.8) is 0 Å². The van der Waals surface area contributed by atoms with Crippen LogP contribution in [0.4, 0.5) is 11.6 Å². The highest BCUT2D eigenvalue weighted by atomic mass is 16.3. The van der Waals surface area contributed by atoms with Crippen LogP contribution >= 0.6 is 0 Å². The highest BCUT2D eigenvalue weighted by Gasteiger charge is 2.23. The van der Waals surface area contributed by atoms with Crippen LogP contribution in [0.25, 0.3) is 0 Å². The van der Waals surface area contributed by atoms with Crippen LogP contribution in [0.1, 0.15) is 33.1 Å². The second-order valence-corrected chi connectivity index (χ2v) is 5.25. The second-order valence-electron chi connectivity index (χ2n) is 5.25. The minimum absolute atomic E-state index is 0.200. The van der Waals surface area contributed by atoms with Crippen molar-refractivity contribution >= 4 is 11.6 Å². The molecule has 5 heteroatoms. The summed E-state index contributed by atoms with van der Waals surface area (Å²) in [6, 6.07) is 2.01. The van der Waals surface area contributed by atoms with Gasteiger partial charge in [-0.05, 0) is 32.1 Å². The summed E-state index contributed by atoms with van der Waals surface area (Å²) in [5.74, 6) is 2.30. The van der Waals surface area contributed by atoms with Crippen LogP contribution < -0.4 is 10.2 Å². The third-order valence-corrected chi connectivity index (χ3v) is 3.75. The molecule has 1 fully saturated rings. The van der Waals surface area contributed by atoms with Gasteiger partial charge in [0.1, 0.15) is 18.0 Å². The van der Waals surface area contributed by atoms with Crippen molar-refractivity contribution in [1.29, 1.82) is 0 Å². The summed E-state index contributed by atoms with van der Waals surface area (Å²) < 4.78 is 0. The van der Waals surface area contributed by atoms with Crippen molar-refractivity contribution in [2.24, 2.45) is 5.92 Å². The summed E-state index contributed by atoms with van der Waals surface area (Å²) in [4.78, 5) is 10.9. The van der Waals surface area contributed by atoms with Crippen molar-refractivity contribution in [3.8, 4) is 0 Å². The smallest absolute Gasteiger partial charge is 0.134 e. The fraction of sp³-hybridized carbons (Fsp3) is 0.714. The average Bonchev–Trinajstić information content (AvgIpc) is 2.45. The predicted octanol–water partition coefficient (Wildman–Crippen LogP) is 1.90. The molecule has 0 aliphatic carbocycles. The Kier molecular flexibility index (Phi) is 4.96. The number of piperidine rings is 1. The number of aromatic nitrogens is 2. The maximum Gasteiger partial charge on any atom is 0.134 e. The molecule has 0 spiro atoms. The molecule has 2 N–H and O–H groups in total. The number of hydrogen-bond donors (Lipinski definition) is 2. The van der Waals surface area contributed by atoms with Crippen molar-refractivity contribution in [3.05, 3.63) is 12.4 Å². The Balaban J connectivity index is 1.95. The first-order chi connectivity index (χ1) is 9.20. The topological polar surface area (TPSA) is 61.3 Å². The van der Waals surface area contributed by atoms with Gasteiger partial charge in [-0.3, -0.25) is 0 Å². The average molecular weight is 264 g/mol. The van der Waals surface area contributed by atoms with E-state index in [0.717, 1.165) is 50.5 Å². The molecule has 1 atom stereocenters. The van der Waals surface area contributed by atoms with E-state index in [-0.39, 0.29) is 6.10 Å². The molecule has 2 rings (SSSR count). The van der Waals surface area contributed by atoms with Gasteiger partial charge in [0, 0.05) is 25.7 Å². The van der Waals surface area contributed by atoms with Gasteiger partial charge in [-0.1, -0.05) is 6.92 Å². The molecule has 2 heterocycles. The Bertz CT molecular complexity index is 389. The lowest BCUT2D eigenvalue weighted by atomic mass is 9.92. The third kappa shape index (κ3) is 3.80. The van der Waals surface area contributed by atoms with E-state index in [2.05, 4.69) is 27.1 Å². The Morgan fingerprint density at radius 2 is 2.16 bits per heavy atom. The Morgan fingerprint density at radius 3 is 2.79 bits per heavy atom. The zero-order valence-electron chi connectivity index (χ0n) is 11.8. The number of rotatable bonds is 5. The lowest BCUT2D eigenvalue weighted by molar-refractivity contribution is 0.110. The lowest BCUT2D eigenvalue weighted by Crippen LogP contribution is -2.37. The first-order valence-electron chi connectivity index (χ1n) is 7.19. The van der Waals surface area contributed by atoms with Crippen LogP contribution in [0.5, 0.6) is 0 Å². The second kappa shape index (κ2) is 6.70. The van der Waals surface area contributed by atoms with Crippen LogP contribution in [-0.4, -0.2) is 40.8 Å². The maximum absolute atomic E-state index is 9.62. The molecule has 1 unspecified atom stereocenters. The Labute approximate surface area is 115 Å². The molecule has 1 aliphatic rings. The number of hydrogen-bond acceptors (Lipinski definition) is 5. The summed E-state index contributed by atoms with van der Waals surface area (Å²) >= 11 is 0. The highest BCUT2D eigenvalue weighted by Crippen LogP contribution is 2.24. The number of nitrogens with zero attached hydrogens (tertiary/aromatic N) is 3. The first-order valence-corrected chi connectivity index (χ1v) is 7.19. The number of aliphatic hydroxyl groups excluding tert-OH is 1. The van der Waals surface area contributed by atoms with E-state index in [1.165, 1.54) is 0 Å². The fourth-order valence-corrected chi connectivity index (χ4v) is 2.48. The van der Waals surface area contributed by atoms with E-state index >= 15 is 0 Å².